The first-order valence-electron chi connectivity index (χ1n) is 10.5. The summed E-state index contributed by atoms with van der Waals surface area (Å²) in [5.74, 6) is -0.255. The number of para-hydroxylation sites is 1. The number of amides is 2. The van der Waals surface area contributed by atoms with Crippen molar-refractivity contribution in [3.8, 4) is 5.75 Å². The number of primary amides is 1. The minimum Gasteiger partial charge on any atom is -0.488 e. The van der Waals surface area contributed by atoms with Gasteiger partial charge in [-0.25, -0.2) is 0 Å². The summed E-state index contributed by atoms with van der Waals surface area (Å²) in [6.07, 6.45) is 0.747. The summed E-state index contributed by atoms with van der Waals surface area (Å²) in [6, 6.07) is 24.2. The third kappa shape index (κ3) is 6.68. The molecule has 3 N–H and O–H groups in total. The first kappa shape index (κ1) is 23.0. The van der Waals surface area contributed by atoms with Crippen LogP contribution in [-0.4, -0.2) is 43.4 Å². The highest BCUT2D eigenvalue weighted by Crippen LogP contribution is 2.19. The Balaban J connectivity index is 1.67. The smallest absolute Gasteiger partial charge is 0.252 e. The lowest BCUT2D eigenvalue weighted by atomic mass is 10.0. The first-order chi connectivity index (χ1) is 15.4. The third-order valence-electron chi connectivity index (χ3n) is 4.98. The SMILES string of the molecule is CN(C)CC(Cc1ccccc1)NC(=O)c1cccc(COc2ccccc2C(N)=O)c1. The molecule has 0 saturated heterocycles. The molecule has 0 spiro atoms. The van der Waals surface area contributed by atoms with Crippen LogP contribution in [0.25, 0.3) is 0 Å². The van der Waals surface area contributed by atoms with E-state index in [-0.39, 0.29) is 18.6 Å². The van der Waals surface area contributed by atoms with Crippen molar-refractivity contribution in [1.29, 1.82) is 0 Å². The fraction of sp³-hybridized carbons (Fsp3) is 0.231. The number of benzene rings is 3. The molecule has 3 rings (SSSR count). The Morgan fingerprint density at radius 3 is 2.34 bits per heavy atom. The second-order valence-electron chi connectivity index (χ2n) is 7.97. The quantitative estimate of drug-likeness (QED) is 0.516. The van der Waals surface area contributed by atoms with Crippen molar-refractivity contribution in [3.63, 3.8) is 0 Å². The van der Waals surface area contributed by atoms with E-state index in [4.69, 9.17) is 10.5 Å². The number of nitrogens with zero attached hydrogens (tertiary/aromatic N) is 1. The van der Waals surface area contributed by atoms with E-state index in [9.17, 15) is 9.59 Å². The zero-order valence-corrected chi connectivity index (χ0v) is 18.5. The molecule has 0 saturated carbocycles. The Bertz CT molecular complexity index is 1050. The third-order valence-corrected chi connectivity index (χ3v) is 4.98. The lowest BCUT2D eigenvalue weighted by molar-refractivity contribution is 0.0929. The molecule has 32 heavy (non-hydrogen) atoms. The molecular weight excluding hydrogens is 402 g/mol. The number of rotatable bonds is 10. The molecule has 0 bridgehead atoms. The van der Waals surface area contributed by atoms with Gasteiger partial charge in [0.2, 0.25) is 0 Å². The highest BCUT2D eigenvalue weighted by atomic mass is 16.5. The second-order valence-corrected chi connectivity index (χ2v) is 7.97. The number of nitrogens with two attached hydrogens (primary N) is 1. The fourth-order valence-corrected chi connectivity index (χ4v) is 3.53. The van der Waals surface area contributed by atoms with E-state index in [1.165, 1.54) is 5.56 Å². The van der Waals surface area contributed by atoms with Crippen molar-refractivity contribution in [2.45, 2.75) is 19.1 Å². The van der Waals surface area contributed by atoms with Crippen molar-refractivity contribution >= 4 is 11.8 Å². The number of likely N-dealkylation sites (N-methyl/N-ethyl adjacent to an activating group) is 1. The zero-order chi connectivity index (χ0) is 22.9. The van der Waals surface area contributed by atoms with Crippen LogP contribution >= 0.6 is 0 Å². The molecule has 166 valence electrons. The van der Waals surface area contributed by atoms with Crippen LogP contribution in [0.3, 0.4) is 0 Å². The van der Waals surface area contributed by atoms with Crippen LogP contribution in [-0.2, 0) is 13.0 Å². The van der Waals surface area contributed by atoms with Gasteiger partial charge in [0.15, 0.2) is 0 Å². The Hall–Kier alpha value is -3.64. The highest BCUT2D eigenvalue weighted by molar-refractivity contribution is 5.95. The van der Waals surface area contributed by atoms with Gasteiger partial charge in [0, 0.05) is 18.2 Å². The largest absolute Gasteiger partial charge is 0.488 e. The van der Waals surface area contributed by atoms with Crippen LogP contribution in [0, 0.1) is 0 Å². The van der Waals surface area contributed by atoms with Crippen LogP contribution < -0.4 is 15.8 Å². The maximum Gasteiger partial charge on any atom is 0.252 e. The van der Waals surface area contributed by atoms with Crippen LogP contribution in [0.4, 0.5) is 0 Å². The van der Waals surface area contributed by atoms with Gasteiger partial charge >= 0.3 is 0 Å². The molecule has 0 heterocycles. The van der Waals surface area contributed by atoms with Gasteiger partial charge < -0.3 is 20.7 Å². The molecular formula is C26H29N3O3. The summed E-state index contributed by atoms with van der Waals surface area (Å²) >= 11 is 0. The lowest BCUT2D eigenvalue weighted by Crippen LogP contribution is -2.43. The van der Waals surface area contributed by atoms with E-state index in [1.807, 2.05) is 44.4 Å². The molecule has 2 amide bonds. The summed E-state index contributed by atoms with van der Waals surface area (Å²) < 4.78 is 5.79. The van der Waals surface area contributed by atoms with E-state index >= 15 is 0 Å². The molecule has 0 fully saturated rings. The average molecular weight is 432 g/mol. The fourth-order valence-electron chi connectivity index (χ4n) is 3.53. The van der Waals surface area contributed by atoms with Gasteiger partial charge in [0.05, 0.1) is 5.56 Å². The van der Waals surface area contributed by atoms with Gasteiger partial charge in [0.1, 0.15) is 12.4 Å². The normalized spacial score (nSPS) is 11.7. The Morgan fingerprint density at radius 2 is 1.62 bits per heavy atom. The van der Waals surface area contributed by atoms with Crippen LogP contribution in [0.15, 0.2) is 78.9 Å². The lowest BCUT2D eigenvalue weighted by Gasteiger charge is -2.23. The second kappa shape index (κ2) is 11.1. The molecule has 6 heteroatoms. The maximum absolute atomic E-state index is 13.0. The van der Waals surface area contributed by atoms with Crippen molar-refractivity contribution in [2.24, 2.45) is 5.73 Å². The molecule has 1 unspecified atom stereocenters. The van der Waals surface area contributed by atoms with Crippen molar-refractivity contribution in [1.82, 2.24) is 10.2 Å². The molecule has 3 aromatic rings. The molecule has 0 aromatic heterocycles. The van der Waals surface area contributed by atoms with E-state index in [0.717, 1.165) is 18.5 Å². The molecule has 0 aliphatic heterocycles. The van der Waals surface area contributed by atoms with E-state index < -0.39 is 5.91 Å². The Morgan fingerprint density at radius 1 is 0.938 bits per heavy atom. The number of hydrogen-bond donors (Lipinski definition) is 2. The van der Waals surface area contributed by atoms with E-state index in [2.05, 4.69) is 22.3 Å². The van der Waals surface area contributed by atoms with Crippen molar-refractivity contribution in [3.05, 3.63) is 101 Å². The van der Waals surface area contributed by atoms with Gasteiger partial charge in [-0.2, -0.15) is 0 Å². The predicted octanol–water partition coefficient (Wildman–Crippen LogP) is 3.27. The number of ether oxygens (including phenoxy) is 1. The summed E-state index contributed by atoms with van der Waals surface area (Å²) in [7, 11) is 3.98. The van der Waals surface area contributed by atoms with Gasteiger partial charge in [-0.05, 0) is 55.9 Å². The van der Waals surface area contributed by atoms with Gasteiger partial charge in [-0.3, -0.25) is 9.59 Å². The molecule has 0 radical (unpaired) electrons. The van der Waals surface area contributed by atoms with Gasteiger partial charge in [-0.1, -0.05) is 54.6 Å². The molecule has 0 aliphatic carbocycles. The van der Waals surface area contributed by atoms with Gasteiger partial charge in [0.25, 0.3) is 11.8 Å². The minimum absolute atomic E-state index is 0.0257. The number of carbonyl (C=O) groups is 2. The van der Waals surface area contributed by atoms with Crippen LogP contribution in [0.5, 0.6) is 5.75 Å². The summed E-state index contributed by atoms with van der Waals surface area (Å²) in [5.41, 5.74) is 8.30. The van der Waals surface area contributed by atoms with E-state index in [1.54, 1.807) is 36.4 Å². The monoisotopic (exact) mass is 431 g/mol. The summed E-state index contributed by atoms with van der Waals surface area (Å²) in [6.45, 7) is 0.948. The Kier molecular flexibility index (Phi) is 8.00. The van der Waals surface area contributed by atoms with Gasteiger partial charge in [-0.15, -0.1) is 0 Å². The molecule has 6 nitrogen and oxygen atoms in total. The highest BCUT2D eigenvalue weighted by Gasteiger charge is 2.16. The molecule has 1 atom stereocenters. The minimum atomic E-state index is -0.543. The van der Waals surface area contributed by atoms with Crippen molar-refractivity contribution < 1.29 is 14.3 Å². The van der Waals surface area contributed by atoms with Crippen LogP contribution in [0.1, 0.15) is 31.8 Å². The van der Waals surface area contributed by atoms with E-state index in [0.29, 0.717) is 16.9 Å². The maximum atomic E-state index is 13.0. The topological polar surface area (TPSA) is 84.7 Å². The molecule has 3 aromatic carbocycles. The van der Waals surface area contributed by atoms with Crippen LogP contribution in [0.2, 0.25) is 0 Å². The number of hydrogen-bond acceptors (Lipinski definition) is 4. The summed E-state index contributed by atoms with van der Waals surface area (Å²) in [5, 5.41) is 3.16. The number of nitrogens with one attached hydrogen (secondary N) is 1. The number of carbonyl (C=O) groups excluding carboxylic acids is 2. The first-order valence-corrected chi connectivity index (χ1v) is 10.5. The van der Waals surface area contributed by atoms with Crippen molar-refractivity contribution in [2.75, 3.05) is 20.6 Å². The standard InChI is InChI=1S/C26H29N3O3/c1-29(2)17-22(16-19-9-4-3-5-10-19)28-26(31)21-12-8-11-20(15-21)18-32-24-14-7-6-13-23(24)25(27)30/h3-15,22H,16-18H2,1-2H3,(H2,27,30)(H,28,31). The predicted molar refractivity (Wildman–Crippen MR) is 126 cm³/mol. The zero-order valence-electron chi connectivity index (χ0n) is 18.5. The molecule has 0 aliphatic rings. The Labute approximate surface area is 189 Å². The summed E-state index contributed by atoms with van der Waals surface area (Å²) in [4.78, 5) is 26.6. The average Bonchev–Trinajstić information content (AvgIpc) is 2.78.